The average Bonchev–Trinajstić information content (AvgIpc) is 2.51. The van der Waals surface area contributed by atoms with E-state index < -0.39 is 0 Å². The van der Waals surface area contributed by atoms with Crippen LogP contribution in [0, 0.1) is 0 Å². The molecule has 0 bridgehead atoms. The number of carbonyl (C=O) groups is 1. The van der Waals surface area contributed by atoms with Crippen molar-refractivity contribution in [3.63, 3.8) is 0 Å². The Bertz CT molecular complexity index is 415. The van der Waals surface area contributed by atoms with Crippen LogP contribution in [0.25, 0.3) is 0 Å². The third-order valence-corrected chi connectivity index (χ3v) is 4.06. The molecule has 0 aromatic heterocycles. The van der Waals surface area contributed by atoms with Gasteiger partial charge in [0.25, 0.3) is 5.91 Å². The van der Waals surface area contributed by atoms with E-state index in [0.717, 1.165) is 38.0 Å². The molecule has 0 spiro atoms. The van der Waals surface area contributed by atoms with Gasteiger partial charge in [-0.3, -0.25) is 4.79 Å². The zero-order valence-corrected chi connectivity index (χ0v) is 14.1. The molecular formula is C17H27ClN2O. The van der Waals surface area contributed by atoms with Crippen LogP contribution in [0.4, 0.5) is 0 Å². The molecule has 1 unspecified atom stereocenters. The highest BCUT2D eigenvalue weighted by Gasteiger charge is 2.10. The largest absolute Gasteiger partial charge is 0.350 e. The van der Waals surface area contributed by atoms with Gasteiger partial charge in [0.2, 0.25) is 0 Å². The Hall–Kier alpha value is -1.06. The lowest BCUT2D eigenvalue weighted by atomic mass is 10.1. The maximum Gasteiger partial charge on any atom is 0.251 e. The molecule has 0 aliphatic carbocycles. The predicted molar refractivity (Wildman–Crippen MR) is 89.9 cm³/mol. The van der Waals surface area contributed by atoms with Gasteiger partial charge in [-0.15, -0.1) is 11.6 Å². The maximum atomic E-state index is 12.1. The molecule has 1 aromatic rings. The second kappa shape index (κ2) is 9.80. The lowest BCUT2D eigenvalue weighted by Crippen LogP contribution is -2.33. The quantitative estimate of drug-likeness (QED) is 0.706. The third kappa shape index (κ3) is 6.49. The summed E-state index contributed by atoms with van der Waals surface area (Å²) < 4.78 is 0. The zero-order chi connectivity index (χ0) is 15.7. The van der Waals surface area contributed by atoms with Crippen molar-refractivity contribution < 1.29 is 4.79 Å². The standard InChI is InChI=1S/C17H27ClN2O/c1-4-20(5-2)12-6-7-14(3)19-17(21)16-10-8-15(13-18)9-11-16/h8-11,14H,4-7,12-13H2,1-3H3,(H,19,21). The molecule has 118 valence electrons. The molecule has 0 aliphatic rings. The van der Waals surface area contributed by atoms with Gasteiger partial charge in [-0.25, -0.2) is 0 Å². The van der Waals surface area contributed by atoms with Crippen molar-refractivity contribution in [3.05, 3.63) is 35.4 Å². The number of nitrogens with zero attached hydrogens (tertiary/aromatic N) is 1. The zero-order valence-electron chi connectivity index (χ0n) is 13.4. The highest BCUT2D eigenvalue weighted by molar-refractivity contribution is 6.17. The monoisotopic (exact) mass is 310 g/mol. The smallest absolute Gasteiger partial charge is 0.251 e. The molecule has 0 radical (unpaired) electrons. The van der Waals surface area contributed by atoms with E-state index >= 15 is 0 Å². The first-order valence-corrected chi connectivity index (χ1v) is 8.32. The molecule has 0 fully saturated rings. The summed E-state index contributed by atoms with van der Waals surface area (Å²) in [6.45, 7) is 9.69. The van der Waals surface area contributed by atoms with Crippen LogP contribution in [0.2, 0.25) is 0 Å². The third-order valence-electron chi connectivity index (χ3n) is 3.75. The van der Waals surface area contributed by atoms with Gasteiger partial charge in [0, 0.05) is 17.5 Å². The molecule has 3 nitrogen and oxygen atoms in total. The molecular weight excluding hydrogens is 284 g/mol. The Morgan fingerprint density at radius 2 is 1.86 bits per heavy atom. The number of amides is 1. The van der Waals surface area contributed by atoms with Crippen LogP contribution in [0.1, 0.15) is 49.5 Å². The fraction of sp³-hybridized carbons (Fsp3) is 0.588. The van der Waals surface area contributed by atoms with Crippen molar-refractivity contribution in [2.45, 2.75) is 45.5 Å². The van der Waals surface area contributed by atoms with Gasteiger partial charge in [0.15, 0.2) is 0 Å². The van der Waals surface area contributed by atoms with Crippen molar-refractivity contribution >= 4 is 17.5 Å². The lowest BCUT2D eigenvalue weighted by Gasteiger charge is -2.19. The van der Waals surface area contributed by atoms with Crippen LogP contribution in [-0.2, 0) is 5.88 Å². The van der Waals surface area contributed by atoms with Gasteiger partial charge in [-0.1, -0.05) is 26.0 Å². The van der Waals surface area contributed by atoms with E-state index in [-0.39, 0.29) is 11.9 Å². The number of halogens is 1. The predicted octanol–water partition coefficient (Wildman–Crippen LogP) is 3.67. The minimum absolute atomic E-state index is 0.00791. The second-order valence-electron chi connectivity index (χ2n) is 5.37. The Morgan fingerprint density at radius 1 is 1.24 bits per heavy atom. The van der Waals surface area contributed by atoms with Crippen molar-refractivity contribution in [2.24, 2.45) is 0 Å². The number of rotatable bonds is 9. The summed E-state index contributed by atoms with van der Waals surface area (Å²) in [7, 11) is 0. The van der Waals surface area contributed by atoms with Crippen LogP contribution in [0.5, 0.6) is 0 Å². The Morgan fingerprint density at radius 3 is 2.38 bits per heavy atom. The molecule has 0 heterocycles. The highest BCUT2D eigenvalue weighted by Crippen LogP contribution is 2.08. The molecule has 0 saturated heterocycles. The summed E-state index contributed by atoms with van der Waals surface area (Å²) >= 11 is 5.75. The molecule has 4 heteroatoms. The van der Waals surface area contributed by atoms with Gasteiger partial charge in [-0.05, 0) is 57.1 Å². The van der Waals surface area contributed by atoms with Crippen LogP contribution < -0.4 is 5.32 Å². The Kier molecular flexibility index (Phi) is 8.40. The first-order chi connectivity index (χ1) is 10.1. The van der Waals surface area contributed by atoms with Gasteiger partial charge >= 0.3 is 0 Å². The van der Waals surface area contributed by atoms with Crippen LogP contribution in [-0.4, -0.2) is 36.5 Å². The van der Waals surface area contributed by atoms with Crippen molar-refractivity contribution in [2.75, 3.05) is 19.6 Å². The normalized spacial score (nSPS) is 12.4. The number of carbonyl (C=O) groups excluding carboxylic acids is 1. The van der Waals surface area contributed by atoms with Gasteiger partial charge in [-0.2, -0.15) is 0 Å². The topological polar surface area (TPSA) is 32.3 Å². The first kappa shape index (κ1) is 18.0. The van der Waals surface area contributed by atoms with E-state index in [4.69, 9.17) is 11.6 Å². The summed E-state index contributed by atoms with van der Waals surface area (Å²) in [4.78, 5) is 14.5. The molecule has 0 saturated carbocycles. The van der Waals surface area contributed by atoms with E-state index in [1.165, 1.54) is 0 Å². The fourth-order valence-electron chi connectivity index (χ4n) is 2.29. The summed E-state index contributed by atoms with van der Waals surface area (Å²) in [5.41, 5.74) is 1.72. The summed E-state index contributed by atoms with van der Waals surface area (Å²) in [6.07, 6.45) is 2.11. The fourth-order valence-corrected chi connectivity index (χ4v) is 2.46. The molecule has 1 amide bonds. The van der Waals surface area contributed by atoms with Gasteiger partial charge < -0.3 is 10.2 Å². The Labute approximate surface area is 133 Å². The van der Waals surface area contributed by atoms with Crippen LogP contribution in [0.3, 0.4) is 0 Å². The molecule has 21 heavy (non-hydrogen) atoms. The molecule has 1 N–H and O–H groups in total. The van der Waals surface area contributed by atoms with E-state index in [1.54, 1.807) is 0 Å². The van der Waals surface area contributed by atoms with E-state index in [9.17, 15) is 4.79 Å². The van der Waals surface area contributed by atoms with Crippen molar-refractivity contribution in [3.8, 4) is 0 Å². The number of nitrogens with one attached hydrogen (secondary N) is 1. The van der Waals surface area contributed by atoms with Gasteiger partial charge in [0.05, 0.1) is 0 Å². The van der Waals surface area contributed by atoms with E-state index in [1.807, 2.05) is 24.3 Å². The Balaban J connectivity index is 2.35. The summed E-state index contributed by atoms with van der Waals surface area (Å²) in [6, 6.07) is 7.64. The minimum Gasteiger partial charge on any atom is -0.350 e. The lowest BCUT2D eigenvalue weighted by molar-refractivity contribution is 0.0937. The number of alkyl halides is 1. The van der Waals surface area contributed by atoms with Gasteiger partial charge in [0.1, 0.15) is 0 Å². The SMILES string of the molecule is CCN(CC)CCCC(C)NC(=O)c1ccc(CCl)cc1. The molecule has 1 rings (SSSR count). The number of hydrogen-bond acceptors (Lipinski definition) is 2. The highest BCUT2D eigenvalue weighted by atomic mass is 35.5. The number of hydrogen-bond donors (Lipinski definition) is 1. The van der Waals surface area contributed by atoms with E-state index in [2.05, 4.69) is 31.0 Å². The average molecular weight is 311 g/mol. The van der Waals surface area contributed by atoms with Crippen molar-refractivity contribution in [1.29, 1.82) is 0 Å². The van der Waals surface area contributed by atoms with Crippen LogP contribution >= 0.6 is 11.6 Å². The second-order valence-corrected chi connectivity index (χ2v) is 5.64. The van der Waals surface area contributed by atoms with Crippen molar-refractivity contribution in [1.82, 2.24) is 10.2 Å². The minimum atomic E-state index is -0.00791. The van der Waals surface area contributed by atoms with Crippen LogP contribution in [0.15, 0.2) is 24.3 Å². The molecule has 1 atom stereocenters. The molecule has 0 aliphatic heterocycles. The molecule has 1 aromatic carbocycles. The first-order valence-electron chi connectivity index (χ1n) is 7.78. The summed E-state index contributed by atoms with van der Waals surface area (Å²) in [5.74, 6) is 0.468. The maximum absolute atomic E-state index is 12.1. The summed E-state index contributed by atoms with van der Waals surface area (Å²) in [5, 5.41) is 3.05. The van der Waals surface area contributed by atoms with E-state index in [0.29, 0.717) is 11.4 Å². The number of benzene rings is 1.